The topological polar surface area (TPSA) is 61.9 Å². The first-order valence-corrected chi connectivity index (χ1v) is 9.20. The van der Waals surface area contributed by atoms with Gasteiger partial charge >= 0.3 is 0 Å². The highest BCUT2D eigenvalue weighted by Crippen LogP contribution is 2.29. The standard InChI is InChI=1S/C21H23N3O3/c1-27-18-8-6-17(7-9-18)24-14-16(12-20(24)25)21(26)23-11-10-22-19-5-3-2-4-15(19)13-23/h2-9,16,22H,10-14H2,1H3. The van der Waals surface area contributed by atoms with Gasteiger partial charge in [0.25, 0.3) is 0 Å². The molecule has 0 bridgehead atoms. The summed E-state index contributed by atoms with van der Waals surface area (Å²) in [5.74, 6) is 0.489. The van der Waals surface area contributed by atoms with Crippen molar-refractivity contribution in [2.75, 3.05) is 37.0 Å². The average molecular weight is 365 g/mol. The Morgan fingerprint density at radius 2 is 1.93 bits per heavy atom. The molecule has 0 aromatic heterocycles. The summed E-state index contributed by atoms with van der Waals surface area (Å²) >= 11 is 0. The molecule has 27 heavy (non-hydrogen) atoms. The minimum atomic E-state index is -0.301. The normalized spacial score (nSPS) is 19.3. The van der Waals surface area contributed by atoms with E-state index in [-0.39, 0.29) is 24.2 Å². The number of rotatable bonds is 3. The number of benzene rings is 2. The summed E-state index contributed by atoms with van der Waals surface area (Å²) < 4.78 is 5.17. The molecule has 1 fully saturated rings. The van der Waals surface area contributed by atoms with Crippen LogP contribution in [0, 0.1) is 5.92 Å². The molecule has 4 rings (SSSR count). The molecular weight excluding hydrogens is 342 g/mol. The Morgan fingerprint density at radius 1 is 1.15 bits per heavy atom. The maximum atomic E-state index is 13.1. The van der Waals surface area contributed by atoms with Crippen LogP contribution in [0.5, 0.6) is 5.75 Å². The number of hydrogen-bond acceptors (Lipinski definition) is 4. The van der Waals surface area contributed by atoms with Crippen LogP contribution in [0.2, 0.25) is 0 Å². The van der Waals surface area contributed by atoms with Gasteiger partial charge in [0, 0.05) is 44.0 Å². The van der Waals surface area contributed by atoms with Crippen molar-refractivity contribution in [2.45, 2.75) is 13.0 Å². The van der Waals surface area contributed by atoms with Crippen molar-refractivity contribution in [2.24, 2.45) is 5.92 Å². The first-order valence-electron chi connectivity index (χ1n) is 9.20. The SMILES string of the molecule is COc1ccc(N2CC(C(=O)N3CCNc4ccccc4C3)CC2=O)cc1. The number of amides is 2. The maximum Gasteiger partial charge on any atom is 0.228 e. The number of hydrogen-bond donors (Lipinski definition) is 1. The molecule has 0 saturated carbocycles. The highest BCUT2D eigenvalue weighted by Gasteiger charge is 2.37. The summed E-state index contributed by atoms with van der Waals surface area (Å²) in [6, 6.07) is 15.4. The molecule has 2 aliphatic heterocycles. The Morgan fingerprint density at radius 3 is 2.70 bits per heavy atom. The minimum Gasteiger partial charge on any atom is -0.497 e. The fourth-order valence-corrected chi connectivity index (χ4v) is 3.77. The number of carbonyl (C=O) groups is 2. The quantitative estimate of drug-likeness (QED) is 0.908. The molecule has 140 valence electrons. The Hall–Kier alpha value is -3.02. The van der Waals surface area contributed by atoms with Gasteiger partial charge < -0.3 is 19.9 Å². The summed E-state index contributed by atoms with van der Waals surface area (Å²) in [6.07, 6.45) is 0.260. The van der Waals surface area contributed by atoms with Gasteiger partial charge in [-0.1, -0.05) is 18.2 Å². The van der Waals surface area contributed by atoms with Crippen LogP contribution in [-0.4, -0.2) is 43.5 Å². The van der Waals surface area contributed by atoms with Gasteiger partial charge in [-0.2, -0.15) is 0 Å². The third-order valence-electron chi connectivity index (χ3n) is 5.25. The Bertz CT molecular complexity index is 850. The molecule has 1 atom stereocenters. The maximum absolute atomic E-state index is 13.1. The molecule has 0 radical (unpaired) electrons. The lowest BCUT2D eigenvalue weighted by atomic mass is 10.1. The molecule has 6 nitrogen and oxygen atoms in total. The van der Waals surface area contributed by atoms with E-state index in [9.17, 15) is 9.59 Å². The summed E-state index contributed by atoms with van der Waals surface area (Å²) in [4.78, 5) is 29.2. The van der Waals surface area contributed by atoms with E-state index < -0.39 is 0 Å². The minimum absolute atomic E-state index is 0.00753. The smallest absolute Gasteiger partial charge is 0.228 e. The number of nitrogens with zero attached hydrogens (tertiary/aromatic N) is 2. The third kappa shape index (κ3) is 3.47. The first-order chi connectivity index (χ1) is 13.2. The highest BCUT2D eigenvalue weighted by molar-refractivity contribution is 6.00. The van der Waals surface area contributed by atoms with Crippen molar-refractivity contribution in [3.63, 3.8) is 0 Å². The number of carbonyl (C=O) groups excluding carboxylic acids is 2. The van der Waals surface area contributed by atoms with E-state index in [1.54, 1.807) is 12.0 Å². The zero-order chi connectivity index (χ0) is 18.8. The molecule has 2 heterocycles. The van der Waals surface area contributed by atoms with Crippen molar-refractivity contribution in [3.05, 3.63) is 54.1 Å². The molecule has 1 N–H and O–H groups in total. The van der Waals surface area contributed by atoms with Crippen molar-refractivity contribution in [1.29, 1.82) is 0 Å². The Labute approximate surface area is 158 Å². The van der Waals surface area contributed by atoms with Crippen LogP contribution in [0.4, 0.5) is 11.4 Å². The molecule has 6 heteroatoms. The van der Waals surface area contributed by atoms with Crippen LogP contribution in [0.15, 0.2) is 48.5 Å². The van der Waals surface area contributed by atoms with Crippen LogP contribution >= 0.6 is 0 Å². The summed E-state index contributed by atoms with van der Waals surface area (Å²) in [5.41, 5.74) is 2.99. The molecule has 2 aliphatic rings. The van der Waals surface area contributed by atoms with Crippen LogP contribution in [0.1, 0.15) is 12.0 Å². The van der Waals surface area contributed by atoms with Crippen molar-refractivity contribution in [3.8, 4) is 5.75 Å². The highest BCUT2D eigenvalue weighted by atomic mass is 16.5. The van der Waals surface area contributed by atoms with Crippen LogP contribution in [-0.2, 0) is 16.1 Å². The summed E-state index contributed by atoms with van der Waals surface area (Å²) in [5, 5.41) is 3.37. The van der Waals surface area contributed by atoms with Gasteiger partial charge in [-0.3, -0.25) is 9.59 Å². The second-order valence-corrected chi connectivity index (χ2v) is 6.95. The second kappa shape index (κ2) is 7.31. The number of anilines is 2. The van der Waals surface area contributed by atoms with Crippen molar-refractivity contribution >= 4 is 23.2 Å². The van der Waals surface area contributed by atoms with E-state index in [1.165, 1.54) is 0 Å². The number of nitrogens with one attached hydrogen (secondary N) is 1. The monoisotopic (exact) mass is 365 g/mol. The van der Waals surface area contributed by atoms with Gasteiger partial charge in [-0.15, -0.1) is 0 Å². The molecule has 0 spiro atoms. The Balaban J connectivity index is 1.47. The fraction of sp³-hybridized carbons (Fsp3) is 0.333. The lowest BCUT2D eigenvalue weighted by molar-refractivity contribution is -0.136. The van der Waals surface area contributed by atoms with Gasteiger partial charge in [-0.05, 0) is 35.9 Å². The lowest BCUT2D eigenvalue weighted by Crippen LogP contribution is -2.38. The number of fused-ring (bicyclic) bond motifs is 1. The molecule has 0 aliphatic carbocycles. The largest absolute Gasteiger partial charge is 0.497 e. The molecule has 1 unspecified atom stereocenters. The van der Waals surface area contributed by atoms with E-state index in [0.29, 0.717) is 26.2 Å². The van der Waals surface area contributed by atoms with E-state index in [2.05, 4.69) is 5.32 Å². The van der Waals surface area contributed by atoms with E-state index in [0.717, 1.165) is 22.7 Å². The molecule has 2 aromatic carbocycles. The molecule has 2 aromatic rings. The molecular formula is C21H23N3O3. The fourth-order valence-electron chi connectivity index (χ4n) is 3.77. The predicted octanol–water partition coefficient (Wildman–Crippen LogP) is 2.50. The molecule has 2 amide bonds. The second-order valence-electron chi connectivity index (χ2n) is 6.95. The Kier molecular flexibility index (Phi) is 4.71. The van der Waals surface area contributed by atoms with Crippen LogP contribution in [0.25, 0.3) is 0 Å². The number of para-hydroxylation sites is 1. The van der Waals surface area contributed by atoms with E-state index >= 15 is 0 Å². The molecule has 1 saturated heterocycles. The van der Waals surface area contributed by atoms with E-state index in [4.69, 9.17) is 4.74 Å². The predicted molar refractivity (Wildman–Crippen MR) is 104 cm³/mol. The summed E-state index contributed by atoms with van der Waals surface area (Å²) in [7, 11) is 1.61. The van der Waals surface area contributed by atoms with Crippen LogP contribution < -0.4 is 15.0 Å². The first kappa shape index (κ1) is 17.4. The average Bonchev–Trinajstić information content (AvgIpc) is 2.96. The van der Waals surface area contributed by atoms with Gasteiger partial charge in [0.15, 0.2) is 0 Å². The zero-order valence-electron chi connectivity index (χ0n) is 15.4. The van der Waals surface area contributed by atoms with E-state index in [1.807, 2.05) is 53.4 Å². The third-order valence-corrected chi connectivity index (χ3v) is 5.25. The van der Waals surface area contributed by atoms with Gasteiger partial charge in [0.05, 0.1) is 13.0 Å². The van der Waals surface area contributed by atoms with Crippen molar-refractivity contribution in [1.82, 2.24) is 4.90 Å². The van der Waals surface area contributed by atoms with Crippen molar-refractivity contribution < 1.29 is 14.3 Å². The summed E-state index contributed by atoms with van der Waals surface area (Å²) in [6.45, 7) is 2.36. The van der Waals surface area contributed by atoms with Crippen LogP contribution in [0.3, 0.4) is 0 Å². The number of methoxy groups -OCH3 is 1. The number of ether oxygens (including phenoxy) is 1. The van der Waals surface area contributed by atoms with Gasteiger partial charge in [0.1, 0.15) is 5.75 Å². The lowest BCUT2D eigenvalue weighted by Gasteiger charge is -2.24. The zero-order valence-corrected chi connectivity index (χ0v) is 15.4. The van der Waals surface area contributed by atoms with Gasteiger partial charge in [0.2, 0.25) is 11.8 Å². The van der Waals surface area contributed by atoms with Gasteiger partial charge in [-0.25, -0.2) is 0 Å².